The Bertz CT molecular complexity index is 164. The Labute approximate surface area is 96.6 Å². The Morgan fingerprint density at radius 1 is 1.47 bits per heavy atom. The number of hydrazine groups is 1. The molecule has 0 aromatic carbocycles. The van der Waals surface area contributed by atoms with Crippen LogP contribution in [0.2, 0.25) is 0 Å². The van der Waals surface area contributed by atoms with E-state index in [2.05, 4.69) is 6.92 Å². The highest BCUT2D eigenvalue weighted by Gasteiger charge is 2.22. The minimum atomic E-state index is 0.663. The summed E-state index contributed by atoms with van der Waals surface area (Å²) in [5.74, 6) is 1.63. The molecule has 90 valence electrons. The number of nitrogens with zero attached hydrogens (tertiary/aromatic N) is 2. The van der Waals surface area contributed by atoms with Gasteiger partial charge in [0, 0.05) is 32.6 Å². The van der Waals surface area contributed by atoms with Crippen molar-refractivity contribution < 1.29 is 9.94 Å². The Morgan fingerprint density at radius 2 is 2.13 bits per heavy atom. The molecule has 1 N–H and O–H groups in total. The van der Waals surface area contributed by atoms with Crippen LogP contribution in [0.4, 0.5) is 0 Å². The summed E-state index contributed by atoms with van der Waals surface area (Å²) in [6, 6.07) is 0. The van der Waals surface area contributed by atoms with Crippen LogP contribution in [0.1, 0.15) is 26.2 Å². The van der Waals surface area contributed by atoms with Crippen molar-refractivity contribution in [2.75, 3.05) is 32.6 Å². The highest BCUT2D eigenvalue weighted by Crippen LogP contribution is 2.21. The van der Waals surface area contributed by atoms with Gasteiger partial charge in [0.05, 0.1) is 0 Å². The number of ether oxygens (including phenoxy) is 1. The summed E-state index contributed by atoms with van der Waals surface area (Å²) in [4.78, 5) is 0. The number of methoxy groups -OCH3 is 1. The zero-order chi connectivity index (χ0) is 11.1. The topological polar surface area (TPSA) is 35.9 Å². The highest BCUT2D eigenvalue weighted by atomic mass is 32.2. The molecule has 15 heavy (non-hydrogen) atoms. The first-order chi connectivity index (χ1) is 7.27. The molecule has 0 bridgehead atoms. The van der Waals surface area contributed by atoms with Crippen LogP contribution in [-0.4, -0.2) is 47.4 Å². The zero-order valence-electron chi connectivity index (χ0n) is 9.69. The number of piperidine rings is 1. The molecule has 1 fully saturated rings. The molecule has 0 aliphatic carbocycles. The van der Waals surface area contributed by atoms with E-state index in [1.807, 2.05) is 5.01 Å². The van der Waals surface area contributed by atoms with E-state index in [1.165, 1.54) is 16.5 Å². The second-order valence-electron chi connectivity index (χ2n) is 3.94. The fraction of sp³-hybridized carbons (Fsp3) is 1.00. The number of hydrogen-bond acceptors (Lipinski definition) is 5. The molecule has 0 amide bonds. The van der Waals surface area contributed by atoms with Crippen molar-refractivity contribution in [1.29, 1.82) is 0 Å². The maximum absolute atomic E-state index is 9.71. The molecule has 1 aliphatic rings. The minimum Gasteiger partial charge on any atom is -0.384 e. The molecule has 0 atom stereocenters. The van der Waals surface area contributed by atoms with Crippen LogP contribution in [0, 0.1) is 5.92 Å². The summed E-state index contributed by atoms with van der Waals surface area (Å²) in [6.07, 6.45) is 3.30. The molecular formula is C10H22N2O2S. The van der Waals surface area contributed by atoms with Crippen molar-refractivity contribution in [2.45, 2.75) is 26.2 Å². The Balaban J connectivity index is 2.18. The predicted molar refractivity (Wildman–Crippen MR) is 62.5 cm³/mol. The average Bonchev–Trinajstić information content (AvgIpc) is 2.27. The third kappa shape index (κ3) is 4.70. The summed E-state index contributed by atoms with van der Waals surface area (Å²) in [5, 5.41) is 11.7. The third-order valence-corrected chi connectivity index (χ3v) is 3.70. The van der Waals surface area contributed by atoms with Gasteiger partial charge in [0.2, 0.25) is 0 Å². The van der Waals surface area contributed by atoms with E-state index in [9.17, 15) is 5.21 Å². The van der Waals surface area contributed by atoms with Gasteiger partial charge < -0.3 is 4.74 Å². The van der Waals surface area contributed by atoms with Gasteiger partial charge >= 0.3 is 0 Å². The fourth-order valence-corrected chi connectivity index (χ4v) is 2.42. The van der Waals surface area contributed by atoms with Gasteiger partial charge in [-0.25, -0.2) is 5.01 Å². The molecule has 1 heterocycles. The molecule has 5 heteroatoms. The van der Waals surface area contributed by atoms with Gasteiger partial charge in [-0.3, -0.25) is 5.21 Å². The van der Waals surface area contributed by atoms with Gasteiger partial charge in [-0.2, -0.15) is 0 Å². The van der Waals surface area contributed by atoms with E-state index >= 15 is 0 Å². The summed E-state index contributed by atoms with van der Waals surface area (Å²) >= 11 is 1.48. The van der Waals surface area contributed by atoms with Crippen LogP contribution in [0.3, 0.4) is 0 Å². The second-order valence-corrected chi connectivity index (χ2v) is 4.93. The standard InChI is InChI=1S/C10H22N2O2S/c1-3-8-15-12(13)11-6-4-10(5-7-11)9-14-2/h10,13H,3-9H2,1-2H3. The lowest BCUT2D eigenvalue weighted by atomic mass is 9.99. The summed E-state index contributed by atoms with van der Waals surface area (Å²) in [5.41, 5.74) is 0. The summed E-state index contributed by atoms with van der Waals surface area (Å²) < 4.78 is 6.45. The first-order valence-electron chi connectivity index (χ1n) is 5.63. The molecule has 0 aromatic heterocycles. The maximum Gasteiger partial charge on any atom is 0.0491 e. The monoisotopic (exact) mass is 234 g/mol. The zero-order valence-corrected chi connectivity index (χ0v) is 10.5. The van der Waals surface area contributed by atoms with E-state index in [0.717, 1.165) is 44.7 Å². The van der Waals surface area contributed by atoms with Crippen LogP contribution < -0.4 is 0 Å². The number of hydrogen-bond donors (Lipinski definition) is 1. The molecule has 1 saturated heterocycles. The Morgan fingerprint density at radius 3 is 2.67 bits per heavy atom. The second kappa shape index (κ2) is 7.46. The summed E-state index contributed by atoms with van der Waals surface area (Å²) in [6.45, 7) is 4.83. The Hall–Kier alpha value is 0.190. The van der Waals surface area contributed by atoms with Gasteiger partial charge in [-0.15, -0.1) is 0 Å². The van der Waals surface area contributed by atoms with Crippen LogP contribution >= 0.6 is 11.9 Å². The fourth-order valence-electron chi connectivity index (χ4n) is 1.75. The van der Waals surface area contributed by atoms with Crippen LogP contribution in [0.15, 0.2) is 0 Å². The van der Waals surface area contributed by atoms with Crippen molar-refractivity contribution in [1.82, 2.24) is 9.59 Å². The summed E-state index contributed by atoms with van der Waals surface area (Å²) in [7, 11) is 1.75. The minimum absolute atomic E-state index is 0.663. The van der Waals surface area contributed by atoms with Gasteiger partial charge in [0.25, 0.3) is 0 Å². The largest absolute Gasteiger partial charge is 0.384 e. The molecule has 1 aliphatic heterocycles. The average molecular weight is 234 g/mol. The van der Waals surface area contributed by atoms with Crippen molar-refractivity contribution in [2.24, 2.45) is 5.92 Å². The van der Waals surface area contributed by atoms with Gasteiger partial charge in [0.1, 0.15) is 0 Å². The van der Waals surface area contributed by atoms with E-state index in [1.54, 1.807) is 7.11 Å². The van der Waals surface area contributed by atoms with Gasteiger partial charge in [-0.1, -0.05) is 11.5 Å². The highest BCUT2D eigenvalue weighted by molar-refractivity contribution is 7.96. The molecule has 0 unspecified atom stereocenters. The molecule has 0 aromatic rings. The first kappa shape index (κ1) is 13.3. The van der Waals surface area contributed by atoms with Gasteiger partial charge in [-0.05, 0) is 37.1 Å². The van der Waals surface area contributed by atoms with Crippen molar-refractivity contribution in [3.05, 3.63) is 0 Å². The van der Waals surface area contributed by atoms with Gasteiger partial charge in [0.15, 0.2) is 0 Å². The molecule has 1 rings (SSSR count). The number of rotatable bonds is 6. The van der Waals surface area contributed by atoms with Crippen molar-refractivity contribution >= 4 is 11.9 Å². The van der Waals surface area contributed by atoms with Crippen LogP contribution in [-0.2, 0) is 4.74 Å². The maximum atomic E-state index is 9.71. The Kier molecular flexibility index (Phi) is 6.59. The molecular weight excluding hydrogens is 212 g/mol. The van der Waals surface area contributed by atoms with Crippen LogP contribution in [0.25, 0.3) is 0 Å². The van der Waals surface area contributed by atoms with Crippen molar-refractivity contribution in [3.8, 4) is 0 Å². The lowest BCUT2D eigenvalue weighted by molar-refractivity contribution is -0.169. The lowest BCUT2D eigenvalue weighted by Crippen LogP contribution is -2.42. The SMILES string of the molecule is CCCSN(O)N1CCC(COC)CC1. The third-order valence-electron chi connectivity index (χ3n) is 2.65. The molecule has 0 saturated carbocycles. The van der Waals surface area contributed by atoms with Crippen LogP contribution in [0.5, 0.6) is 0 Å². The molecule has 4 nitrogen and oxygen atoms in total. The van der Waals surface area contributed by atoms with E-state index < -0.39 is 0 Å². The quantitative estimate of drug-likeness (QED) is 0.562. The smallest absolute Gasteiger partial charge is 0.0491 e. The lowest BCUT2D eigenvalue weighted by Gasteiger charge is -2.34. The van der Waals surface area contributed by atoms with E-state index in [0.29, 0.717) is 5.92 Å². The van der Waals surface area contributed by atoms with Crippen molar-refractivity contribution in [3.63, 3.8) is 0 Å². The van der Waals surface area contributed by atoms with E-state index in [-0.39, 0.29) is 0 Å². The normalized spacial score (nSPS) is 20.0. The first-order valence-corrected chi connectivity index (χ1v) is 6.57. The molecule has 0 radical (unpaired) electrons. The molecule has 0 spiro atoms. The van der Waals surface area contributed by atoms with E-state index in [4.69, 9.17) is 4.74 Å². The predicted octanol–water partition coefficient (Wildman–Crippen LogP) is 2.01.